The van der Waals surface area contributed by atoms with Crippen LogP contribution in [-0.4, -0.2) is 18.4 Å². The molecular weight excluding hydrogens is 250 g/mol. The molecule has 0 saturated carbocycles. The minimum atomic E-state index is -0.0523. The Morgan fingerprint density at radius 3 is 2.40 bits per heavy atom. The molecule has 118 valence electrons. The van der Waals surface area contributed by atoms with Gasteiger partial charge in [-0.3, -0.25) is 4.79 Å². The van der Waals surface area contributed by atoms with Crippen LogP contribution in [0.4, 0.5) is 0 Å². The molecule has 0 fully saturated rings. The van der Waals surface area contributed by atoms with Crippen LogP contribution in [0.1, 0.15) is 78.1 Å². The van der Waals surface area contributed by atoms with Gasteiger partial charge in [0.2, 0.25) is 0 Å². The average molecular weight is 283 g/mol. The van der Waals surface area contributed by atoms with E-state index in [1.807, 2.05) is 6.92 Å². The van der Waals surface area contributed by atoms with Crippen LogP contribution < -0.4 is 5.73 Å². The molecule has 3 heteroatoms. The second-order valence-corrected chi connectivity index (χ2v) is 5.62. The Balaban J connectivity index is 3.60. The highest BCUT2D eigenvalue weighted by Gasteiger charge is 2.10. The van der Waals surface area contributed by atoms with Crippen LogP contribution in [0.3, 0.4) is 0 Å². The zero-order valence-electron chi connectivity index (χ0n) is 13.5. The number of hydrogen-bond acceptors (Lipinski definition) is 3. The van der Waals surface area contributed by atoms with E-state index in [4.69, 9.17) is 10.5 Å². The molecule has 0 aliphatic heterocycles. The molecule has 3 nitrogen and oxygen atoms in total. The van der Waals surface area contributed by atoms with Crippen LogP contribution in [0.25, 0.3) is 0 Å². The maximum atomic E-state index is 11.7. The van der Waals surface area contributed by atoms with Gasteiger partial charge in [0, 0.05) is 19.3 Å². The second-order valence-electron chi connectivity index (χ2n) is 5.62. The van der Waals surface area contributed by atoms with Crippen molar-refractivity contribution in [3.05, 3.63) is 12.3 Å². The van der Waals surface area contributed by atoms with Crippen molar-refractivity contribution < 1.29 is 9.53 Å². The Morgan fingerprint density at radius 2 is 1.75 bits per heavy atom. The van der Waals surface area contributed by atoms with Crippen LogP contribution in [0.5, 0.6) is 0 Å². The van der Waals surface area contributed by atoms with E-state index in [1.54, 1.807) is 0 Å². The molecule has 2 N–H and O–H groups in total. The number of allylic oxidation sites excluding steroid dienone is 1. The standard InChI is InChI=1S/C17H33NO2/c1-4-5-6-7-8-11-15(2)20-16(3)14-17(19)12-9-10-13-18/h16H,2,4-14,18H2,1,3H3. The second kappa shape index (κ2) is 13.2. The first-order valence-corrected chi connectivity index (χ1v) is 8.16. The fourth-order valence-corrected chi connectivity index (χ4v) is 2.20. The molecule has 20 heavy (non-hydrogen) atoms. The monoisotopic (exact) mass is 283 g/mol. The first-order valence-electron chi connectivity index (χ1n) is 8.16. The van der Waals surface area contributed by atoms with Gasteiger partial charge in [0.05, 0.1) is 5.76 Å². The molecule has 0 aliphatic rings. The van der Waals surface area contributed by atoms with Crippen molar-refractivity contribution >= 4 is 5.78 Å². The first-order chi connectivity index (χ1) is 9.60. The van der Waals surface area contributed by atoms with Crippen LogP contribution in [0, 0.1) is 0 Å². The summed E-state index contributed by atoms with van der Waals surface area (Å²) in [6, 6.07) is 0. The predicted molar refractivity (Wildman–Crippen MR) is 85.6 cm³/mol. The molecule has 0 saturated heterocycles. The van der Waals surface area contributed by atoms with Crippen LogP contribution in [0.2, 0.25) is 0 Å². The van der Waals surface area contributed by atoms with Crippen molar-refractivity contribution in [2.24, 2.45) is 5.73 Å². The molecule has 0 rings (SSSR count). The summed E-state index contributed by atoms with van der Waals surface area (Å²) < 4.78 is 5.69. The fraction of sp³-hybridized carbons (Fsp3) is 0.824. The van der Waals surface area contributed by atoms with E-state index in [1.165, 1.54) is 25.7 Å². The lowest BCUT2D eigenvalue weighted by atomic mass is 10.1. The smallest absolute Gasteiger partial charge is 0.136 e. The van der Waals surface area contributed by atoms with Gasteiger partial charge in [-0.1, -0.05) is 39.2 Å². The lowest BCUT2D eigenvalue weighted by molar-refractivity contribution is -0.121. The van der Waals surface area contributed by atoms with Crippen LogP contribution in [0.15, 0.2) is 12.3 Å². The van der Waals surface area contributed by atoms with Gasteiger partial charge in [0.15, 0.2) is 0 Å². The maximum Gasteiger partial charge on any atom is 0.136 e. The highest BCUT2D eigenvalue weighted by atomic mass is 16.5. The van der Waals surface area contributed by atoms with E-state index in [9.17, 15) is 4.79 Å². The summed E-state index contributed by atoms with van der Waals surface area (Å²) >= 11 is 0. The molecule has 0 aromatic rings. The van der Waals surface area contributed by atoms with Gasteiger partial charge in [0.1, 0.15) is 11.9 Å². The van der Waals surface area contributed by atoms with E-state index in [0.717, 1.165) is 31.4 Å². The molecule has 1 unspecified atom stereocenters. The molecule has 0 amide bonds. The zero-order valence-corrected chi connectivity index (χ0v) is 13.5. The first kappa shape index (κ1) is 19.2. The molecule has 0 aromatic heterocycles. The zero-order chi connectivity index (χ0) is 15.2. The average Bonchev–Trinajstić information content (AvgIpc) is 2.38. The lowest BCUT2D eigenvalue weighted by Crippen LogP contribution is -2.14. The summed E-state index contributed by atoms with van der Waals surface area (Å²) in [4.78, 5) is 11.7. The number of rotatable bonds is 14. The number of unbranched alkanes of at least 4 members (excludes halogenated alkanes) is 5. The van der Waals surface area contributed by atoms with E-state index in [2.05, 4.69) is 13.5 Å². The van der Waals surface area contributed by atoms with Crippen LogP contribution in [-0.2, 0) is 9.53 Å². The van der Waals surface area contributed by atoms with E-state index in [0.29, 0.717) is 19.4 Å². The van der Waals surface area contributed by atoms with Gasteiger partial charge in [-0.25, -0.2) is 0 Å². The molecule has 0 spiro atoms. The third-order valence-electron chi connectivity index (χ3n) is 3.35. The number of carbonyl (C=O) groups is 1. The number of carbonyl (C=O) groups excluding carboxylic acids is 1. The number of nitrogens with two attached hydrogens (primary N) is 1. The molecule has 0 radical (unpaired) electrons. The van der Waals surface area contributed by atoms with Gasteiger partial charge in [0.25, 0.3) is 0 Å². The van der Waals surface area contributed by atoms with Gasteiger partial charge in [-0.15, -0.1) is 0 Å². The summed E-state index contributed by atoms with van der Waals surface area (Å²) in [5.41, 5.74) is 5.41. The molecule has 0 heterocycles. The van der Waals surface area contributed by atoms with E-state index in [-0.39, 0.29) is 11.9 Å². The number of Topliss-reactive ketones (excluding diaryl/α,β-unsaturated/α-hetero) is 1. The fourth-order valence-electron chi connectivity index (χ4n) is 2.20. The highest BCUT2D eigenvalue weighted by Crippen LogP contribution is 2.14. The third kappa shape index (κ3) is 12.2. The Labute approximate surface area is 125 Å². The summed E-state index contributed by atoms with van der Waals surface area (Å²) in [5, 5.41) is 0. The van der Waals surface area contributed by atoms with E-state index >= 15 is 0 Å². The Kier molecular flexibility index (Phi) is 12.6. The van der Waals surface area contributed by atoms with E-state index < -0.39 is 0 Å². The lowest BCUT2D eigenvalue weighted by Gasteiger charge is -2.16. The van der Waals surface area contributed by atoms with Crippen molar-refractivity contribution in [1.82, 2.24) is 0 Å². The van der Waals surface area contributed by atoms with Crippen molar-refractivity contribution in [3.8, 4) is 0 Å². The van der Waals surface area contributed by atoms with Gasteiger partial charge < -0.3 is 10.5 Å². The quantitative estimate of drug-likeness (QED) is 0.381. The van der Waals surface area contributed by atoms with Gasteiger partial charge >= 0.3 is 0 Å². The minimum absolute atomic E-state index is 0.0523. The molecule has 1 atom stereocenters. The highest BCUT2D eigenvalue weighted by molar-refractivity contribution is 5.78. The summed E-state index contributed by atoms with van der Waals surface area (Å²) in [6.45, 7) is 8.77. The Bertz CT molecular complexity index is 264. The topological polar surface area (TPSA) is 52.3 Å². The Morgan fingerprint density at radius 1 is 1.10 bits per heavy atom. The van der Waals surface area contributed by atoms with Crippen molar-refractivity contribution in [2.45, 2.75) is 84.2 Å². The Hall–Kier alpha value is -0.830. The van der Waals surface area contributed by atoms with Gasteiger partial charge in [-0.05, 0) is 32.7 Å². The number of ketones is 1. The summed E-state index contributed by atoms with van der Waals surface area (Å²) in [7, 11) is 0. The maximum absolute atomic E-state index is 11.7. The van der Waals surface area contributed by atoms with Crippen molar-refractivity contribution in [3.63, 3.8) is 0 Å². The summed E-state index contributed by atoms with van der Waals surface area (Å²) in [6.07, 6.45) is 10.0. The normalized spacial score (nSPS) is 12.2. The molecule has 0 aliphatic carbocycles. The number of ether oxygens (including phenoxy) is 1. The molecule has 0 aromatic carbocycles. The van der Waals surface area contributed by atoms with Crippen LogP contribution >= 0.6 is 0 Å². The van der Waals surface area contributed by atoms with Crippen molar-refractivity contribution in [2.75, 3.05) is 6.54 Å². The SMILES string of the molecule is C=C(CCCCCCC)OC(C)CC(=O)CCCCN. The predicted octanol–water partition coefficient (Wildman–Crippen LogP) is 4.35. The molecule has 0 bridgehead atoms. The number of hydrogen-bond donors (Lipinski definition) is 1. The summed E-state index contributed by atoms with van der Waals surface area (Å²) in [5.74, 6) is 1.09. The van der Waals surface area contributed by atoms with Gasteiger partial charge in [-0.2, -0.15) is 0 Å². The largest absolute Gasteiger partial charge is 0.495 e. The molecular formula is C17H33NO2. The minimum Gasteiger partial charge on any atom is -0.495 e. The van der Waals surface area contributed by atoms with Crippen molar-refractivity contribution in [1.29, 1.82) is 0 Å². The third-order valence-corrected chi connectivity index (χ3v) is 3.35.